The molecule has 0 amide bonds. The van der Waals surface area contributed by atoms with Crippen LogP contribution in [-0.4, -0.2) is 39.0 Å². The van der Waals surface area contributed by atoms with E-state index < -0.39 is 0 Å². The molecule has 0 aromatic rings. The third-order valence-corrected chi connectivity index (χ3v) is 3.74. The van der Waals surface area contributed by atoms with Crippen molar-refractivity contribution in [3.05, 3.63) is 0 Å². The molecular weight excluding hydrogens is 214 g/mol. The molecule has 3 heteroatoms. The van der Waals surface area contributed by atoms with Crippen LogP contribution in [0.25, 0.3) is 0 Å². The van der Waals surface area contributed by atoms with Crippen molar-refractivity contribution in [2.75, 3.05) is 26.9 Å². The summed E-state index contributed by atoms with van der Waals surface area (Å²) in [5, 5.41) is 3.37. The first-order valence-corrected chi connectivity index (χ1v) is 7.20. The van der Waals surface area contributed by atoms with E-state index in [4.69, 9.17) is 9.47 Å². The van der Waals surface area contributed by atoms with Gasteiger partial charge in [0, 0.05) is 13.2 Å². The zero-order valence-electron chi connectivity index (χ0n) is 11.7. The van der Waals surface area contributed by atoms with Gasteiger partial charge in [-0.3, -0.25) is 0 Å². The first-order valence-electron chi connectivity index (χ1n) is 7.20. The highest BCUT2D eigenvalue weighted by molar-refractivity contribution is 4.84. The maximum atomic E-state index is 5.99. The number of hydrogen-bond acceptors (Lipinski definition) is 3. The Kier molecular flexibility index (Phi) is 7.82. The van der Waals surface area contributed by atoms with Gasteiger partial charge >= 0.3 is 0 Å². The SMILES string of the molecule is CCOCC(NC)C(OCC)C1CCCCC1. The van der Waals surface area contributed by atoms with E-state index in [1.165, 1.54) is 32.1 Å². The molecular formula is C14H29NO2. The normalized spacial score (nSPS) is 21.4. The first-order chi connectivity index (χ1) is 8.33. The zero-order chi connectivity index (χ0) is 12.5. The number of ether oxygens (including phenoxy) is 2. The Balaban J connectivity index is 2.53. The van der Waals surface area contributed by atoms with Crippen LogP contribution in [0.4, 0.5) is 0 Å². The fourth-order valence-corrected chi connectivity index (χ4v) is 2.82. The van der Waals surface area contributed by atoms with E-state index in [0.29, 0.717) is 18.1 Å². The first kappa shape index (κ1) is 14.9. The molecule has 0 radical (unpaired) electrons. The lowest BCUT2D eigenvalue weighted by Crippen LogP contribution is -2.47. The van der Waals surface area contributed by atoms with Crippen molar-refractivity contribution in [3.63, 3.8) is 0 Å². The van der Waals surface area contributed by atoms with Gasteiger partial charge in [0.1, 0.15) is 0 Å². The molecule has 1 rings (SSSR count). The summed E-state index contributed by atoms with van der Waals surface area (Å²) < 4.78 is 11.6. The summed E-state index contributed by atoms with van der Waals surface area (Å²) in [6.45, 7) is 6.47. The number of hydrogen-bond donors (Lipinski definition) is 1. The summed E-state index contributed by atoms with van der Waals surface area (Å²) in [7, 11) is 2.01. The lowest BCUT2D eigenvalue weighted by atomic mass is 9.82. The van der Waals surface area contributed by atoms with Crippen LogP contribution in [0.3, 0.4) is 0 Å². The molecule has 2 unspecified atom stereocenters. The van der Waals surface area contributed by atoms with Crippen molar-refractivity contribution in [1.29, 1.82) is 0 Å². The van der Waals surface area contributed by atoms with Crippen molar-refractivity contribution in [2.24, 2.45) is 5.92 Å². The highest BCUT2D eigenvalue weighted by Gasteiger charge is 2.30. The van der Waals surface area contributed by atoms with Gasteiger partial charge in [0.05, 0.1) is 18.8 Å². The Labute approximate surface area is 106 Å². The maximum Gasteiger partial charge on any atom is 0.0778 e. The van der Waals surface area contributed by atoms with Crippen molar-refractivity contribution in [2.45, 2.75) is 58.1 Å². The van der Waals surface area contributed by atoms with E-state index in [2.05, 4.69) is 12.2 Å². The number of nitrogens with one attached hydrogen (secondary N) is 1. The van der Waals surface area contributed by atoms with Crippen LogP contribution in [-0.2, 0) is 9.47 Å². The number of likely N-dealkylation sites (N-methyl/N-ethyl adjacent to an activating group) is 1. The van der Waals surface area contributed by atoms with E-state index in [9.17, 15) is 0 Å². The second-order valence-electron chi connectivity index (χ2n) is 4.87. The molecule has 0 aromatic heterocycles. The Bertz CT molecular complexity index is 181. The molecule has 1 aliphatic carbocycles. The maximum absolute atomic E-state index is 5.99. The van der Waals surface area contributed by atoms with Gasteiger partial charge in [-0.1, -0.05) is 19.3 Å². The molecule has 0 bridgehead atoms. The van der Waals surface area contributed by atoms with E-state index >= 15 is 0 Å². The predicted molar refractivity (Wildman–Crippen MR) is 71.3 cm³/mol. The summed E-state index contributed by atoms with van der Waals surface area (Å²) in [6, 6.07) is 0.331. The highest BCUT2D eigenvalue weighted by Crippen LogP contribution is 2.29. The van der Waals surface area contributed by atoms with Crippen LogP contribution < -0.4 is 5.32 Å². The monoisotopic (exact) mass is 243 g/mol. The van der Waals surface area contributed by atoms with Crippen LogP contribution >= 0.6 is 0 Å². The average Bonchev–Trinajstić information content (AvgIpc) is 2.39. The average molecular weight is 243 g/mol. The summed E-state index contributed by atoms with van der Waals surface area (Å²) in [5.74, 6) is 0.710. The fraction of sp³-hybridized carbons (Fsp3) is 1.00. The predicted octanol–water partition coefficient (Wildman–Crippen LogP) is 2.60. The standard InChI is InChI=1S/C14H29NO2/c1-4-16-11-13(15-3)14(17-5-2)12-9-7-6-8-10-12/h12-15H,4-11H2,1-3H3. The topological polar surface area (TPSA) is 30.5 Å². The molecule has 3 nitrogen and oxygen atoms in total. The molecule has 0 aromatic carbocycles. The van der Waals surface area contributed by atoms with Gasteiger partial charge in [-0.15, -0.1) is 0 Å². The van der Waals surface area contributed by atoms with E-state index in [1.54, 1.807) is 0 Å². The van der Waals surface area contributed by atoms with Gasteiger partial charge in [0.2, 0.25) is 0 Å². The second-order valence-corrected chi connectivity index (χ2v) is 4.87. The Morgan fingerprint density at radius 3 is 2.35 bits per heavy atom. The molecule has 0 heterocycles. The summed E-state index contributed by atoms with van der Waals surface area (Å²) in [6.07, 6.45) is 7.06. The smallest absolute Gasteiger partial charge is 0.0778 e. The molecule has 102 valence electrons. The molecule has 0 saturated heterocycles. The van der Waals surface area contributed by atoms with E-state index in [0.717, 1.165) is 19.8 Å². The molecule has 0 spiro atoms. The molecule has 17 heavy (non-hydrogen) atoms. The minimum Gasteiger partial charge on any atom is -0.380 e. The van der Waals surface area contributed by atoms with Crippen LogP contribution in [0.15, 0.2) is 0 Å². The van der Waals surface area contributed by atoms with Gasteiger partial charge in [-0.25, -0.2) is 0 Å². The van der Waals surface area contributed by atoms with Crippen LogP contribution in [0.5, 0.6) is 0 Å². The van der Waals surface area contributed by atoms with Gasteiger partial charge in [-0.2, -0.15) is 0 Å². The quantitative estimate of drug-likeness (QED) is 0.711. The Morgan fingerprint density at radius 1 is 1.12 bits per heavy atom. The van der Waals surface area contributed by atoms with Crippen LogP contribution in [0, 0.1) is 5.92 Å². The molecule has 1 fully saturated rings. The molecule has 1 aliphatic rings. The summed E-state index contributed by atoms with van der Waals surface area (Å²) >= 11 is 0. The molecule has 2 atom stereocenters. The third-order valence-electron chi connectivity index (χ3n) is 3.74. The summed E-state index contributed by atoms with van der Waals surface area (Å²) in [5.41, 5.74) is 0. The zero-order valence-corrected chi connectivity index (χ0v) is 11.7. The van der Waals surface area contributed by atoms with Gasteiger partial charge in [-0.05, 0) is 39.7 Å². The molecule has 1 N–H and O–H groups in total. The second kappa shape index (κ2) is 8.90. The summed E-state index contributed by atoms with van der Waals surface area (Å²) in [4.78, 5) is 0. The lowest BCUT2D eigenvalue weighted by Gasteiger charge is -2.35. The lowest BCUT2D eigenvalue weighted by molar-refractivity contribution is -0.0370. The van der Waals surface area contributed by atoms with Crippen molar-refractivity contribution in [3.8, 4) is 0 Å². The minimum atomic E-state index is 0.317. The molecule has 0 aliphatic heterocycles. The van der Waals surface area contributed by atoms with Crippen molar-refractivity contribution in [1.82, 2.24) is 5.32 Å². The van der Waals surface area contributed by atoms with Crippen molar-refractivity contribution < 1.29 is 9.47 Å². The van der Waals surface area contributed by atoms with Gasteiger partial charge < -0.3 is 14.8 Å². The largest absolute Gasteiger partial charge is 0.380 e. The Hall–Kier alpha value is -0.120. The van der Waals surface area contributed by atoms with E-state index in [1.807, 2.05) is 14.0 Å². The van der Waals surface area contributed by atoms with Crippen LogP contribution in [0.1, 0.15) is 46.0 Å². The van der Waals surface area contributed by atoms with Crippen LogP contribution in [0.2, 0.25) is 0 Å². The highest BCUT2D eigenvalue weighted by atomic mass is 16.5. The fourth-order valence-electron chi connectivity index (χ4n) is 2.82. The third kappa shape index (κ3) is 4.94. The molecule has 1 saturated carbocycles. The minimum absolute atomic E-state index is 0.317. The van der Waals surface area contributed by atoms with Gasteiger partial charge in [0.25, 0.3) is 0 Å². The van der Waals surface area contributed by atoms with Crippen molar-refractivity contribution >= 4 is 0 Å². The number of rotatable bonds is 8. The Morgan fingerprint density at radius 2 is 1.82 bits per heavy atom. The van der Waals surface area contributed by atoms with E-state index in [-0.39, 0.29) is 0 Å². The van der Waals surface area contributed by atoms with Gasteiger partial charge in [0.15, 0.2) is 0 Å².